The van der Waals surface area contributed by atoms with Crippen molar-refractivity contribution in [2.24, 2.45) is 0 Å². The number of halogens is 1. The van der Waals surface area contributed by atoms with E-state index in [2.05, 4.69) is 29.3 Å². The van der Waals surface area contributed by atoms with Crippen LogP contribution in [0.5, 0.6) is 0 Å². The van der Waals surface area contributed by atoms with Crippen molar-refractivity contribution in [1.29, 1.82) is 0 Å². The number of hydrogen-bond donors (Lipinski definition) is 1. The zero-order valence-electron chi connectivity index (χ0n) is 11.8. The number of nitrogens with zero attached hydrogens (tertiary/aromatic N) is 1. The van der Waals surface area contributed by atoms with Crippen LogP contribution in [0.4, 0.5) is 0 Å². The van der Waals surface area contributed by atoms with Crippen molar-refractivity contribution >= 4 is 18.3 Å². The summed E-state index contributed by atoms with van der Waals surface area (Å²) >= 11 is 0. The Morgan fingerprint density at radius 3 is 2.75 bits per heavy atom. The van der Waals surface area contributed by atoms with Crippen molar-refractivity contribution in [3.8, 4) is 0 Å². The van der Waals surface area contributed by atoms with Crippen LogP contribution in [0.15, 0.2) is 12.1 Å². The second-order valence-corrected chi connectivity index (χ2v) is 6.00. The largest absolute Gasteiger partial charge is 0.329 e. The average Bonchev–Trinajstić information content (AvgIpc) is 3.26. The summed E-state index contributed by atoms with van der Waals surface area (Å²) in [6.07, 6.45) is 3.58. The molecule has 3 aliphatic rings. The van der Waals surface area contributed by atoms with Gasteiger partial charge in [-0.25, -0.2) is 0 Å². The molecule has 1 saturated heterocycles. The van der Waals surface area contributed by atoms with E-state index in [1.165, 1.54) is 29.5 Å². The summed E-state index contributed by atoms with van der Waals surface area (Å²) in [6.45, 7) is 4.89. The van der Waals surface area contributed by atoms with Gasteiger partial charge in [0.1, 0.15) is 0 Å². The molecule has 1 amide bonds. The lowest BCUT2D eigenvalue weighted by Crippen LogP contribution is -2.44. The van der Waals surface area contributed by atoms with Crippen molar-refractivity contribution < 1.29 is 4.79 Å². The molecule has 1 aromatic carbocycles. The molecule has 20 heavy (non-hydrogen) atoms. The molecule has 1 aromatic rings. The molecule has 1 aliphatic carbocycles. The monoisotopic (exact) mass is 292 g/mol. The van der Waals surface area contributed by atoms with E-state index in [0.29, 0.717) is 5.92 Å². The highest BCUT2D eigenvalue weighted by Gasteiger charge is 2.42. The van der Waals surface area contributed by atoms with E-state index in [9.17, 15) is 4.79 Å². The average molecular weight is 293 g/mol. The molecule has 2 aliphatic heterocycles. The van der Waals surface area contributed by atoms with Crippen LogP contribution in [0.3, 0.4) is 0 Å². The number of hydrogen-bond acceptors (Lipinski definition) is 2. The van der Waals surface area contributed by atoms with Crippen LogP contribution in [0.1, 0.15) is 58.8 Å². The Balaban J connectivity index is 0.00000121. The SMILES string of the molecule is CCc1cc(C2CC2)c2c(c1)[C@@H]1CNCCN1C2=O.Cl. The first-order chi connectivity index (χ1) is 9.29. The standard InChI is InChI=1S/C16H20N2O.ClH/c1-2-10-7-12(11-3-4-11)15-13(8-10)14-9-17-5-6-18(14)16(15)19;/h7-8,11,14,17H,2-6,9H2,1H3;1H/t14-;/m0./s1. The first kappa shape index (κ1) is 13.9. The number of benzene rings is 1. The van der Waals surface area contributed by atoms with Gasteiger partial charge in [0.25, 0.3) is 5.91 Å². The predicted octanol–water partition coefficient (Wildman–Crippen LogP) is 2.65. The lowest BCUT2D eigenvalue weighted by Gasteiger charge is -2.30. The van der Waals surface area contributed by atoms with Gasteiger partial charge < -0.3 is 10.2 Å². The number of carbonyl (C=O) groups is 1. The Morgan fingerprint density at radius 2 is 2.05 bits per heavy atom. The maximum atomic E-state index is 12.7. The van der Waals surface area contributed by atoms with E-state index in [4.69, 9.17) is 0 Å². The van der Waals surface area contributed by atoms with Gasteiger partial charge in [0.2, 0.25) is 0 Å². The summed E-state index contributed by atoms with van der Waals surface area (Å²) in [5.74, 6) is 0.935. The molecule has 0 unspecified atom stereocenters. The quantitative estimate of drug-likeness (QED) is 0.909. The van der Waals surface area contributed by atoms with Crippen molar-refractivity contribution in [2.45, 2.75) is 38.1 Å². The Morgan fingerprint density at radius 1 is 1.30 bits per heavy atom. The van der Waals surface area contributed by atoms with E-state index in [1.807, 2.05) is 0 Å². The smallest absolute Gasteiger partial charge is 0.255 e. The first-order valence-electron chi connectivity index (χ1n) is 7.48. The maximum absolute atomic E-state index is 12.7. The van der Waals surface area contributed by atoms with E-state index in [1.54, 1.807) is 0 Å². The number of nitrogens with one attached hydrogen (secondary N) is 1. The number of carbonyl (C=O) groups excluding carboxylic acids is 1. The molecule has 0 spiro atoms. The molecule has 0 aromatic heterocycles. The summed E-state index contributed by atoms with van der Waals surface area (Å²) in [7, 11) is 0. The highest BCUT2D eigenvalue weighted by Crippen LogP contribution is 2.47. The van der Waals surface area contributed by atoms with Crippen LogP contribution in [0.25, 0.3) is 0 Å². The van der Waals surface area contributed by atoms with Crippen LogP contribution in [0, 0.1) is 0 Å². The van der Waals surface area contributed by atoms with E-state index in [0.717, 1.165) is 31.6 Å². The summed E-state index contributed by atoms with van der Waals surface area (Å²) < 4.78 is 0. The highest BCUT2D eigenvalue weighted by atomic mass is 35.5. The molecule has 2 heterocycles. The molecule has 1 N–H and O–H groups in total. The molecular weight excluding hydrogens is 272 g/mol. The van der Waals surface area contributed by atoms with Gasteiger partial charge in [0.05, 0.1) is 6.04 Å². The minimum absolute atomic E-state index is 0. The third-order valence-corrected chi connectivity index (χ3v) is 4.76. The highest BCUT2D eigenvalue weighted by molar-refractivity contribution is 6.01. The van der Waals surface area contributed by atoms with Gasteiger partial charge >= 0.3 is 0 Å². The second kappa shape index (κ2) is 5.05. The molecule has 0 radical (unpaired) electrons. The second-order valence-electron chi connectivity index (χ2n) is 6.00. The minimum Gasteiger partial charge on any atom is -0.329 e. The fourth-order valence-corrected chi connectivity index (χ4v) is 3.55. The molecule has 4 rings (SSSR count). The van der Waals surface area contributed by atoms with Gasteiger partial charge in [-0.1, -0.05) is 19.1 Å². The molecule has 108 valence electrons. The van der Waals surface area contributed by atoms with Crippen molar-refractivity contribution in [3.63, 3.8) is 0 Å². The minimum atomic E-state index is 0. The van der Waals surface area contributed by atoms with E-state index < -0.39 is 0 Å². The number of amides is 1. The molecule has 2 fully saturated rings. The third-order valence-electron chi connectivity index (χ3n) is 4.76. The van der Waals surface area contributed by atoms with Crippen molar-refractivity contribution in [1.82, 2.24) is 10.2 Å². The Kier molecular flexibility index (Phi) is 3.51. The van der Waals surface area contributed by atoms with Gasteiger partial charge in [0.15, 0.2) is 0 Å². The van der Waals surface area contributed by atoms with Gasteiger partial charge in [0, 0.05) is 25.2 Å². The summed E-state index contributed by atoms with van der Waals surface area (Å²) in [5, 5.41) is 3.43. The summed E-state index contributed by atoms with van der Waals surface area (Å²) in [6, 6.07) is 4.84. The summed E-state index contributed by atoms with van der Waals surface area (Å²) in [4.78, 5) is 14.8. The predicted molar refractivity (Wildman–Crippen MR) is 81.7 cm³/mol. The molecule has 4 heteroatoms. The van der Waals surface area contributed by atoms with Crippen LogP contribution in [-0.4, -0.2) is 30.4 Å². The Bertz CT molecular complexity index is 554. The fraction of sp³-hybridized carbons (Fsp3) is 0.562. The number of aryl methyl sites for hydroxylation is 1. The zero-order chi connectivity index (χ0) is 13.0. The van der Waals surface area contributed by atoms with Gasteiger partial charge in [-0.2, -0.15) is 0 Å². The van der Waals surface area contributed by atoms with Crippen molar-refractivity contribution in [2.75, 3.05) is 19.6 Å². The topological polar surface area (TPSA) is 32.3 Å². The molecular formula is C16H21ClN2O. The lowest BCUT2D eigenvalue weighted by molar-refractivity contribution is 0.0690. The van der Waals surface area contributed by atoms with Crippen molar-refractivity contribution in [3.05, 3.63) is 34.4 Å². The van der Waals surface area contributed by atoms with E-state index in [-0.39, 0.29) is 24.4 Å². The zero-order valence-corrected chi connectivity index (χ0v) is 12.6. The maximum Gasteiger partial charge on any atom is 0.255 e. The molecule has 3 nitrogen and oxygen atoms in total. The molecule has 1 saturated carbocycles. The van der Waals surface area contributed by atoms with Gasteiger partial charge in [-0.3, -0.25) is 4.79 Å². The van der Waals surface area contributed by atoms with Crippen LogP contribution in [-0.2, 0) is 6.42 Å². The normalized spacial score (nSPS) is 24.1. The number of rotatable bonds is 2. The molecule has 1 atom stereocenters. The number of piperazine rings is 1. The Labute approximate surface area is 126 Å². The summed E-state index contributed by atoms with van der Waals surface area (Å²) in [5.41, 5.74) is 5.07. The first-order valence-corrected chi connectivity index (χ1v) is 7.48. The third kappa shape index (κ3) is 1.95. The Hall–Kier alpha value is -1.06. The fourth-order valence-electron chi connectivity index (χ4n) is 3.55. The van der Waals surface area contributed by atoms with Gasteiger partial charge in [-0.05, 0) is 41.9 Å². The van der Waals surface area contributed by atoms with Crippen LogP contribution in [0.2, 0.25) is 0 Å². The number of fused-ring (bicyclic) bond motifs is 3. The lowest BCUT2D eigenvalue weighted by atomic mass is 9.93. The van der Waals surface area contributed by atoms with E-state index >= 15 is 0 Å². The molecule has 0 bridgehead atoms. The van der Waals surface area contributed by atoms with Crippen LogP contribution >= 0.6 is 12.4 Å². The van der Waals surface area contributed by atoms with Gasteiger partial charge in [-0.15, -0.1) is 12.4 Å². The van der Waals surface area contributed by atoms with Crippen LogP contribution < -0.4 is 5.32 Å².